The average Bonchev–Trinajstić information content (AvgIpc) is 2.48. The maximum atomic E-state index is 11.7. The summed E-state index contributed by atoms with van der Waals surface area (Å²) in [5.74, 6) is 0.573. The number of carbonyl (C=O) groups excluding carboxylic acids is 2. The Bertz CT molecular complexity index is 482. The Balaban J connectivity index is 2.30. The van der Waals surface area contributed by atoms with Crippen LogP contribution in [0, 0.1) is 0 Å². The zero-order valence-electron chi connectivity index (χ0n) is 12.9. The first-order valence-electron chi connectivity index (χ1n) is 7.23. The van der Waals surface area contributed by atoms with Crippen molar-refractivity contribution in [1.82, 2.24) is 5.32 Å². The lowest BCUT2D eigenvalue weighted by atomic mass is 10.4. The number of quaternary nitrogens is 1. The molecule has 2 N–H and O–H groups in total. The molecule has 0 radical (unpaired) electrons. The van der Waals surface area contributed by atoms with Gasteiger partial charge in [0.15, 0.2) is 6.54 Å². The molecule has 1 unspecified atom stereocenters. The fraction of sp³-hybridized carbons (Fsp3) is 0.467. The number of halogens is 1. The third-order valence-corrected chi connectivity index (χ3v) is 4.23. The summed E-state index contributed by atoms with van der Waals surface area (Å²) in [7, 11) is 0. The van der Waals surface area contributed by atoms with Gasteiger partial charge in [-0.25, -0.2) is 4.79 Å². The molecule has 7 heteroatoms. The fourth-order valence-corrected chi connectivity index (χ4v) is 2.87. The molecule has 0 saturated carbocycles. The van der Waals surface area contributed by atoms with E-state index in [9.17, 15) is 9.59 Å². The summed E-state index contributed by atoms with van der Waals surface area (Å²) >= 11 is 7.56. The maximum absolute atomic E-state index is 11.7. The number of amides is 2. The number of rotatable bonds is 8. The van der Waals surface area contributed by atoms with Crippen LogP contribution in [0.5, 0.6) is 0 Å². The average molecular weight is 346 g/mol. The van der Waals surface area contributed by atoms with Gasteiger partial charge in [0.2, 0.25) is 0 Å². The number of alkyl carbamates (subject to hydrolysis) is 1. The molecule has 122 valence electrons. The van der Waals surface area contributed by atoms with Crippen molar-refractivity contribution < 1.29 is 19.2 Å². The summed E-state index contributed by atoms with van der Waals surface area (Å²) in [5.41, 5.74) is 0. The van der Waals surface area contributed by atoms with E-state index in [0.717, 1.165) is 33.7 Å². The topological polar surface area (TPSA) is 59.8 Å². The van der Waals surface area contributed by atoms with Crippen LogP contribution in [-0.2, 0) is 9.53 Å². The van der Waals surface area contributed by atoms with E-state index < -0.39 is 6.09 Å². The largest absolute Gasteiger partial charge is 0.450 e. The van der Waals surface area contributed by atoms with Crippen LogP contribution < -0.4 is 10.2 Å². The van der Waals surface area contributed by atoms with Crippen LogP contribution in [0.25, 0.3) is 0 Å². The quantitative estimate of drug-likeness (QED) is 0.703. The molecule has 0 heterocycles. The third kappa shape index (κ3) is 7.68. The summed E-state index contributed by atoms with van der Waals surface area (Å²) < 4.78 is 4.68. The Morgan fingerprint density at radius 2 is 1.95 bits per heavy atom. The number of carbonyl (C=O) groups is 2. The zero-order valence-corrected chi connectivity index (χ0v) is 14.4. The van der Waals surface area contributed by atoms with Crippen LogP contribution in [0.1, 0.15) is 13.8 Å². The van der Waals surface area contributed by atoms with Crippen LogP contribution in [0.2, 0.25) is 5.02 Å². The number of imide groups is 1. The summed E-state index contributed by atoms with van der Waals surface area (Å²) in [4.78, 5) is 25.1. The predicted octanol–water partition coefficient (Wildman–Crippen LogP) is 1.61. The molecule has 1 atom stereocenters. The zero-order chi connectivity index (χ0) is 16.4. The van der Waals surface area contributed by atoms with E-state index in [1.165, 1.54) is 0 Å². The van der Waals surface area contributed by atoms with Gasteiger partial charge in [0.1, 0.15) is 0 Å². The molecule has 22 heavy (non-hydrogen) atoms. The summed E-state index contributed by atoms with van der Waals surface area (Å²) in [6.07, 6.45) is -0.682. The number of likely N-dealkylation sites (N-methyl/N-ethyl adjacent to an activating group) is 1. The summed E-state index contributed by atoms with van der Waals surface area (Å²) in [5, 5.41) is 2.94. The Kier molecular flexibility index (Phi) is 8.96. The van der Waals surface area contributed by atoms with E-state index in [4.69, 9.17) is 11.6 Å². The first kappa shape index (κ1) is 18.8. The van der Waals surface area contributed by atoms with Crippen molar-refractivity contribution in [2.45, 2.75) is 18.7 Å². The van der Waals surface area contributed by atoms with Crippen molar-refractivity contribution in [2.75, 3.05) is 32.0 Å². The second kappa shape index (κ2) is 10.5. The van der Waals surface area contributed by atoms with Crippen molar-refractivity contribution >= 4 is 35.4 Å². The molecular formula is C15H22ClN2O3S+. The molecule has 0 bridgehead atoms. The van der Waals surface area contributed by atoms with Gasteiger partial charge in [0.25, 0.3) is 5.91 Å². The van der Waals surface area contributed by atoms with Gasteiger partial charge in [0, 0.05) is 15.7 Å². The van der Waals surface area contributed by atoms with Gasteiger partial charge in [-0.2, -0.15) is 0 Å². The second-order valence-electron chi connectivity index (χ2n) is 4.60. The number of benzene rings is 1. The van der Waals surface area contributed by atoms with Gasteiger partial charge >= 0.3 is 6.09 Å². The molecule has 0 aliphatic heterocycles. The Morgan fingerprint density at radius 1 is 1.27 bits per heavy atom. The first-order valence-corrected chi connectivity index (χ1v) is 8.60. The van der Waals surface area contributed by atoms with Crippen LogP contribution in [0.4, 0.5) is 4.79 Å². The minimum atomic E-state index is -0.682. The molecule has 1 aromatic rings. The molecule has 0 spiro atoms. The SMILES string of the molecule is CCOC(=O)NC(=O)C[NH+](CC)CCSc1ccc(Cl)cc1. The molecule has 0 aliphatic carbocycles. The van der Waals surface area contributed by atoms with Crippen molar-refractivity contribution in [3.63, 3.8) is 0 Å². The second-order valence-corrected chi connectivity index (χ2v) is 6.21. The lowest BCUT2D eigenvalue weighted by Gasteiger charge is -2.16. The smallest absolute Gasteiger partial charge is 0.414 e. The van der Waals surface area contributed by atoms with E-state index >= 15 is 0 Å². The van der Waals surface area contributed by atoms with Gasteiger partial charge in [-0.05, 0) is 38.1 Å². The van der Waals surface area contributed by atoms with Gasteiger partial charge < -0.3 is 9.64 Å². The van der Waals surface area contributed by atoms with Crippen molar-refractivity contribution in [2.24, 2.45) is 0 Å². The Hall–Kier alpha value is -1.24. The van der Waals surface area contributed by atoms with Crippen LogP contribution in [0.3, 0.4) is 0 Å². The molecular weight excluding hydrogens is 324 g/mol. The highest BCUT2D eigenvalue weighted by Gasteiger charge is 2.15. The number of ether oxygens (including phenoxy) is 1. The number of thioether (sulfide) groups is 1. The normalized spacial score (nSPS) is 11.8. The van der Waals surface area contributed by atoms with E-state index in [0.29, 0.717) is 0 Å². The minimum absolute atomic E-state index is 0.251. The van der Waals surface area contributed by atoms with Crippen LogP contribution >= 0.6 is 23.4 Å². The molecule has 0 fully saturated rings. The monoisotopic (exact) mass is 345 g/mol. The molecule has 0 aliphatic rings. The summed E-state index contributed by atoms with van der Waals surface area (Å²) in [6, 6.07) is 7.68. The molecule has 1 aromatic carbocycles. The van der Waals surface area contributed by atoms with E-state index in [-0.39, 0.29) is 19.1 Å². The molecule has 2 amide bonds. The highest BCUT2D eigenvalue weighted by Crippen LogP contribution is 2.19. The molecule has 5 nitrogen and oxygen atoms in total. The van der Waals surface area contributed by atoms with Gasteiger partial charge in [0.05, 0.1) is 19.7 Å². The first-order chi connectivity index (χ1) is 10.5. The van der Waals surface area contributed by atoms with Crippen molar-refractivity contribution in [3.8, 4) is 0 Å². The third-order valence-electron chi connectivity index (χ3n) is 2.97. The van der Waals surface area contributed by atoms with Crippen molar-refractivity contribution in [3.05, 3.63) is 29.3 Å². The van der Waals surface area contributed by atoms with E-state index in [1.54, 1.807) is 18.7 Å². The van der Waals surface area contributed by atoms with Gasteiger partial charge in [-0.3, -0.25) is 10.1 Å². The number of hydrogen-bond donors (Lipinski definition) is 2. The number of nitrogens with one attached hydrogen (secondary N) is 2. The van der Waals surface area contributed by atoms with Gasteiger partial charge in [-0.15, -0.1) is 11.8 Å². The van der Waals surface area contributed by atoms with E-state index in [2.05, 4.69) is 10.1 Å². The molecule has 0 saturated heterocycles. The number of hydrogen-bond acceptors (Lipinski definition) is 4. The molecule has 1 rings (SSSR count). The lowest BCUT2D eigenvalue weighted by Crippen LogP contribution is -3.13. The lowest BCUT2D eigenvalue weighted by molar-refractivity contribution is -0.887. The minimum Gasteiger partial charge on any atom is -0.450 e. The Labute approximate surface area is 140 Å². The fourth-order valence-electron chi connectivity index (χ4n) is 1.79. The highest BCUT2D eigenvalue weighted by atomic mass is 35.5. The van der Waals surface area contributed by atoms with Gasteiger partial charge in [-0.1, -0.05) is 11.6 Å². The Morgan fingerprint density at radius 3 is 2.55 bits per heavy atom. The highest BCUT2D eigenvalue weighted by molar-refractivity contribution is 7.99. The standard InChI is InChI=1S/C15H21ClN2O3S/c1-3-18(11-14(19)17-15(20)21-4-2)9-10-22-13-7-5-12(16)6-8-13/h5-8H,3-4,9-11H2,1-2H3,(H,17,19,20)/p+1. The maximum Gasteiger partial charge on any atom is 0.414 e. The van der Waals surface area contributed by atoms with Crippen molar-refractivity contribution in [1.29, 1.82) is 0 Å². The predicted molar refractivity (Wildman–Crippen MR) is 88.6 cm³/mol. The van der Waals surface area contributed by atoms with E-state index in [1.807, 2.05) is 31.2 Å². The summed E-state index contributed by atoms with van der Waals surface area (Å²) in [6.45, 7) is 5.87. The van der Waals surface area contributed by atoms with Crippen LogP contribution in [0.15, 0.2) is 29.2 Å². The molecule has 0 aromatic heterocycles. The van der Waals surface area contributed by atoms with Crippen LogP contribution in [-0.4, -0.2) is 44.0 Å².